The number of urea groups is 1. The van der Waals surface area contributed by atoms with Crippen molar-refractivity contribution >= 4 is 11.8 Å². The van der Waals surface area contributed by atoms with Crippen LogP contribution in [0, 0.1) is 0 Å². The van der Waals surface area contributed by atoms with E-state index in [2.05, 4.69) is 15.6 Å². The molecule has 0 spiro atoms. The van der Waals surface area contributed by atoms with Gasteiger partial charge in [-0.25, -0.2) is 9.78 Å². The monoisotopic (exact) mass is 256 g/mol. The summed E-state index contributed by atoms with van der Waals surface area (Å²) < 4.78 is 0. The molecule has 0 atom stereocenters. The average molecular weight is 256 g/mol. The third kappa shape index (κ3) is 4.08. The number of amides is 2. The van der Waals surface area contributed by atoms with Crippen molar-refractivity contribution in [1.82, 2.24) is 10.3 Å². The van der Waals surface area contributed by atoms with Crippen molar-refractivity contribution in [2.45, 2.75) is 13.1 Å². The highest BCUT2D eigenvalue weighted by Gasteiger charge is 2.02. The number of carbonyl (C=O) groups is 1. The number of nitrogens with zero attached hydrogens (tertiary/aromatic N) is 1. The van der Waals surface area contributed by atoms with E-state index < -0.39 is 0 Å². The van der Waals surface area contributed by atoms with Gasteiger partial charge in [-0.15, -0.1) is 0 Å². The summed E-state index contributed by atoms with van der Waals surface area (Å²) in [7, 11) is 0. The van der Waals surface area contributed by atoms with Crippen LogP contribution in [0.4, 0.5) is 10.6 Å². The van der Waals surface area contributed by atoms with Crippen LogP contribution < -0.4 is 16.4 Å². The number of hydrogen-bond donors (Lipinski definition) is 3. The smallest absolute Gasteiger partial charge is 0.320 e. The molecule has 0 aliphatic heterocycles. The maximum absolute atomic E-state index is 11.7. The van der Waals surface area contributed by atoms with Crippen molar-refractivity contribution in [2.75, 3.05) is 5.32 Å². The van der Waals surface area contributed by atoms with E-state index in [1.54, 1.807) is 12.3 Å². The van der Waals surface area contributed by atoms with E-state index in [0.717, 1.165) is 11.1 Å². The van der Waals surface area contributed by atoms with Crippen LogP contribution >= 0.6 is 0 Å². The lowest BCUT2D eigenvalue weighted by atomic mass is 10.2. The van der Waals surface area contributed by atoms with Crippen molar-refractivity contribution in [2.24, 2.45) is 5.73 Å². The number of pyridine rings is 1. The van der Waals surface area contributed by atoms with Gasteiger partial charge >= 0.3 is 6.03 Å². The highest BCUT2D eigenvalue weighted by atomic mass is 16.2. The Kier molecular flexibility index (Phi) is 4.47. The van der Waals surface area contributed by atoms with Gasteiger partial charge in [-0.1, -0.05) is 36.4 Å². The summed E-state index contributed by atoms with van der Waals surface area (Å²) in [5.41, 5.74) is 7.45. The van der Waals surface area contributed by atoms with Crippen molar-refractivity contribution in [3.63, 3.8) is 0 Å². The second-order valence-electron chi connectivity index (χ2n) is 4.05. The molecule has 0 fully saturated rings. The van der Waals surface area contributed by atoms with E-state index in [4.69, 9.17) is 5.73 Å². The van der Waals surface area contributed by atoms with Gasteiger partial charge in [0.05, 0.1) is 0 Å². The van der Waals surface area contributed by atoms with Crippen LogP contribution in [0.3, 0.4) is 0 Å². The molecule has 0 aliphatic rings. The molecule has 5 heteroatoms. The van der Waals surface area contributed by atoms with Gasteiger partial charge in [-0.2, -0.15) is 0 Å². The topological polar surface area (TPSA) is 80.0 Å². The van der Waals surface area contributed by atoms with E-state index in [0.29, 0.717) is 18.9 Å². The molecule has 1 aromatic heterocycles. The SMILES string of the molecule is NCc1ccc(NC(=O)NCc2ccccc2)nc1. The number of nitrogens with two attached hydrogens (primary N) is 1. The quantitative estimate of drug-likeness (QED) is 0.781. The zero-order valence-electron chi connectivity index (χ0n) is 10.5. The first-order chi connectivity index (χ1) is 9.28. The molecule has 0 bridgehead atoms. The Morgan fingerprint density at radius 2 is 1.89 bits per heavy atom. The molecule has 5 nitrogen and oxygen atoms in total. The van der Waals surface area contributed by atoms with Gasteiger partial charge < -0.3 is 11.1 Å². The van der Waals surface area contributed by atoms with Gasteiger partial charge in [0.2, 0.25) is 0 Å². The minimum atomic E-state index is -0.281. The third-order valence-corrected chi connectivity index (χ3v) is 2.60. The predicted octanol–water partition coefficient (Wildman–Crippen LogP) is 1.86. The first-order valence-electron chi connectivity index (χ1n) is 6.01. The molecule has 2 amide bonds. The zero-order chi connectivity index (χ0) is 13.5. The Labute approximate surface area is 111 Å². The van der Waals surface area contributed by atoms with E-state index in [-0.39, 0.29) is 6.03 Å². The molecule has 2 rings (SSSR count). The molecule has 0 unspecified atom stereocenters. The van der Waals surface area contributed by atoms with Gasteiger partial charge in [0.25, 0.3) is 0 Å². The highest BCUT2D eigenvalue weighted by Crippen LogP contribution is 2.04. The highest BCUT2D eigenvalue weighted by molar-refractivity contribution is 5.88. The van der Waals surface area contributed by atoms with Gasteiger partial charge in [0.15, 0.2) is 0 Å². The Bertz CT molecular complexity index is 525. The summed E-state index contributed by atoms with van der Waals surface area (Å²) in [5.74, 6) is 0.503. The summed E-state index contributed by atoms with van der Waals surface area (Å²) in [6.45, 7) is 0.918. The maximum atomic E-state index is 11.7. The predicted molar refractivity (Wildman–Crippen MR) is 74.4 cm³/mol. The Balaban J connectivity index is 1.83. The number of anilines is 1. The van der Waals surface area contributed by atoms with Crippen LogP contribution in [0.5, 0.6) is 0 Å². The van der Waals surface area contributed by atoms with Gasteiger partial charge in [0.1, 0.15) is 5.82 Å². The summed E-state index contributed by atoms with van der Waals surface area (Å²) in [5, 5.41) is 5.42. The summed E-state index contributed by atoms with van der Waals surface area (Å²) in [4.78, 5) is 15.7. The average Bonchev–Trinajstić information content (AvgIpc) is 2.47. The van der Waals surface area contributed by atoms with Gasteiger partial charge in [0, 0.05) is 19.3 Å². The van der Waals surface area contributed by atoms with Crippen LogP contribution in [0.15, 0.2) is 48.7 Å². The minimum Gasteiger partial charge on any atom is -0.334 e. The Hall–Kier alpha value is -2.40. The lowest BCUT2D eigenvalue weighted by molar-refractivity contribution is 0.251. The van der Waals surface area contributed by atoms with Crippen LogP contribution in [-0.4, -0.2) is 11.0 Å². The van der Waals surface area contributed by atoms with Crippen molar-refractivity contribution < 1.29 is 4.79 Å². The fourth-order valence-electron chi connectivity index (χ4n) is 1.56. The second-order valence-corrected chi connectivity index (χ2v) is 4.05. The molecule has 1 aromatic carbocycles. The molecule has 0 saturated heterocycles. The standard InChI is InChI=1S/C14H16N4O/c15-8-12-6-7-13(16-10-12)18-14(19)17-9-11-4-2-1-3-5-11/h1-7,10H,8-9,15H2,(H2,16,17,18,19). The minimum absolute atomic E-state index is 0.281. The van der Waals surface area contributed by atoms with Gasteiger partial charge in [-0.3, -0.25) is 5.32 Å². The fraction of sp³-hybridized carbons (Fsp3) is 0.143. The molecule has 0 aliphatic carbocycles. The van der Waals surface area contributed by atoms with Crippen LogP contribution in [0.1, 0.15) is 11.1 Å². The molecule has 0 saturated carbocycles. The fourth-order valence-corrected chi connectivity index (χ4v) is 1.56. The molecule has 2 aromatic rings. The Morgan fingerprint density at radius 3 is 2.53 bits per heavy atom. The number of hydrogen-bond acceptors (Lipinski definition) is 3. The third-order valence-electron chi connectivity index (χ3n) is 2.60. The molecule has 1 heterocycles. The molecule has 98 valence electrons. The number of nitrogens with one attached hydrogen (secondary N) is 2. The summed E-state index contributed by atoms with van der Waals surface area (Å²) in [6.07, 6.45) is 1.65. The van der Waals surface area contributed by atoms with E-state index >= 15 is 0 Å². The summed E-state index contributed by atoms with van der Waals surface area (Å²) in [6, 6.07) is 13.0. The largest absolute Gasteiger partial charge is 0.334 e. The van der Waals surface area contributed by atoms with Crippen LogP contribution in [-0.2, 0) is 13.1 Å². The number of rotatable bonds is 4. The van der Waals surface area contributed by atoms with Crippen molar-refractivity contribution in [3.05, 3.63) is 59.8 Å². The normalized spacial score (nSPS) is 9.95. The molecular weight excluding hydrogens is 240 g/mol. The van der Waals surface area contributed by atoms with E-state index in [1.165, 1.54) is 0 Å². The van der Waals surface area contributed by atoms with Gasteiger partial charge in [-0.05, 0) is 17.2 Å². The first kappa shape index (κ1) is 13.0. The van der Waals surface area contributed by atoms with Crippen LogP contribution in [0.25, 0.3) is 0 Å². The van der Waals surface area contributed by atoms with Crippen LogP contribution in [0.2, 0.25) is 0 Å². The molecule has 4 N–H and O–H groups in total. The number of carbonyl (C=O) groups excluding carboxylic acids is 1. The molecule has 19 heavy (non-hydrogen) atoms. The zero-order valence-corrected chi connectivity index (χ0v) is 10.5. The lowest BCUT2D eigenvalue weighted by Gasteiger charge is -2.07. The summed E-state index contributed by atoms with van der Waals surface area (Å²) >= 11 is 0. The maximum Gasteiger partial charge on any atom is 0.320 e. The molecule has 0 radical (unpaired) electrons. The lowest BCUT2D eigenvalue weighted by Crippen LogP contribution is -2.28. The second kappa shape index (κ2) is 6.51. The first-order valence-corrected chi connectivity index (χ1v) is 6.01. The number of aromatic nitrogens is 1. The van der Waals surface area contributed by atoms with E-state index in [1.807, 2.05) is 36.4 Å². The van der Waals surface area contributed by atoms with Crippen molar-refractivity contribution in [1.29, 1.82) is 0 Å². The number of benzene rings is 1. The molecular formula is C14H16N4O. The van der Waals surface area contributed by atoms with E-state index in [9.17, 15) is 4.79 Å². The Morgan fingerprint density at radius 1 is 1.11 bits per heavy atom. The van der Waals surface area contributed by atoms with Crippen molar-refractivity contribution in [3.8, 4) is 0 Å².